The Labute approximate surface area is 293 Å². The number of H-pyrrole nitrogens is 2. The Morgan fingerprint density at radius 3 is 1.52 bits per heavy atom. The van der Waals surface area contributed by atoms with Gasteiger partial charge in [-0.1, -0.05) is 56.1 Å². The third kappa shape index (κ3) is 6.95. The standard InChI is InChI=1S/C38H30Br2N6O2/c39-17-15-35(47)44-25-5-1-3-23(19-25)37-31-11-9-29(42-31)21-27-7-8-28(41-27)22-30-10-12-32(43-30)38(34-14-13-33(37)46-34)24-4-2-6-26(20-24)45-36(48)16-18-40/h1-14,19-22,41,46H,15-18H2,(H,44,47)(H,45,48). The minimum atomic E-state index is -0.0634. The zero-order valence-electron chi connectivity index (χ0n) is 25.7. The molecule has 2 aliphatic rings. The molecular formula is C38H30Br2N6O2. The minimum absolute atomic E-state index is 0.0634. The predicted octanol–water partition coefficient (Wildman–Crippen LogP) is 9.44. The first-order chi connectivity index (χ1) is 23.4. The van der Waals surface area contributed by atoms with Crippen molar-refractivity contribution in [3.8, 4) is 22.3 Å². The highest BCUT2D eigenvalue weighted by atomic mass is 79.9. The van der Waals surface area contributed by atoms with Gasteiger partial charge < -0.3 is 20.6 Å². The summed E-state index contributed by atoms with van der Waals surface area (Å²) in [7, 11) is 0. The monoisotopic (exact) mass is 760 g/mol. The lowest BCUT2D eigenvalue weighted by Gasteiger charge is -2.09. The Hall–Kier alpha value is -5.06. The number of carbonyl (C=O) groups is 2. The van der Waals surface area contributed by atoms with Crippen molar-refractivity contribution in [3.63, 3.8) is 0 Å². The van der Waals surface area contributed by atoms with Gasteiger partial charge in [0, 0.05) is 68.1 Å². The molecule has 2 aromatic carbocycles. The van der Waals surface area contributed by atoms with Crippen LogP contribution in [0.15, 0.2) is 84.9 Å². The minimum Gasteiger partial charge on any atom is -0.355 e. The van der Waals surface area contributed by atoms with Crippen molar-refractivity contribution in [3.05, 3.63) is 108 Å². The first-order valence-corrected chi connectivity index (χ1v) is 17.7. The fourth-order valence-corrected chi connectivity index (χ4v) is 6.52. The van der Waals surface area contributed by atoms with Crippen LogP contribution in [0.25, 0.3) is 68.6 Å². The smallest absolute Gasteiger partial charge is 0.225 e. The molecule has 8 bridgehead atoms. The molecule has 0 atom stereocenters. The highest BCUT2D eigenvalue weighted by molar-refractivity contribution is 9.09. The molecule has 0 fully saturated rings. The van der Waals surface area contributed by atoms with E-state index in [1.54, 1.807) is 0 Å². The molecule has 2 amide bonds. The quantitative estimate of drug-likeness (QED) is 0.116. The van der Waals surface area contributed by atoms with Gasteiger partial charge in [0.05, 0.1) is 22.8 Å². The summed E-state index contributed by atoms with van der Waals surface area (Å²) in [5.41, 5.74) is 11.7. The second-order valence-corrected chi connectivity index (χ2v) is 12.9. The molecule has 3 aromatic heterocycles. The maximum Gasteiger partial charge on any atom is 0.225 e. The molecule has 0 spiro atoms. The van der Waals surface area contributed by atoms with Gasteiger partial charge in [0.25, 0.3) is 0 Å². The fraction of sp³-hybridized carbons (Fsp3) is 0.105. The maximum absolute atomic E-state index is 12.4. The summed E-state index contributed by atoms with van der Waals surface area (Å²) in [5.74, 6) is -0.127. The number of halogens is 2. The van der Waals surface area contributed by atoms with E-state index in [-0.39, 0.29) is 11.8 Å². The van der Waals surface area contributed by atoms with Gasteiger partial charge in [-0.05, 0) is 96.1 Å². The Morgan fingerprint density at radius 1 is 0.583 bits per heavy atom. The molecule has 8 nitrogen and oxygen atoms in total. The SMILES string of the molecule is O=C(CCBr)Nc1cccc(-c2c3nc(cc4ccc(cc5nc(c(-c6cccc(NC(=O)CCBr)c6)c6ccc2[nH]6)C=C5)[nH]4)C=C3)c1. The van der Waals surface area contributed by atoms with E-state index in [0.29, 0.717) is 34.9 Å². The molecule has 10 heteroatoms. The van der Waals surface area contributed by atoms with Gasteiger partial charge in [-0.15, -0.1) is 0 Å². The summed E-state index contributed by atoms with van der Waals surface area (Å²) < 4.78 is 0. The molecule has 0 radical (unpaired) electrons. The van der Waals surface area contributed by atoms with Crippen LogP contribution in [0.3, 0.4) is 0 Å². The number of hydrogen-bond donors (Lipinski definition) is 4. The molecule has 2 aliphatic heterocycles. The van der Waals surface area contributed by atoms with E-state index in [2.05, 4.69) is 52.5 Å². The molecule has 238 valence electrons. The van der Waals surface area contributed by atoms with Crippen LogP contribution in [0.4, 0.5) is 11.4 Å². The molecule has 5 heterocycles. The van der Waals surface area contributed by atoms with Crippen LogP contribution < -0.4 is 10.6 Å². The van der Waals surface area contributed by atoms with E-state index in [0.717, 1.165) is 67.1 Å². The number of aromatic nitrogens is 4. The average molecular weight is 763 g/mol. The molecule has 0 unspecified atom stereocenters. The van der Waals surface area contributed by atoms with Gasteiger partial charge in [0.1, 0.15) is 0 Å². The second kappa shape index (κ2) is 14.0. The molecule has 48 heavy (non-hydrogen) atoms. The van der Waals surface area contributed by atoms with Gasteiger partial charge >= 0.3 is 0 Å². The van der Waals surface area contributed by atoms with E-state index in [4.69, 9.17) is 9.97 Å². The molecule has 0 aliphatic carbocycles. The van der Waals surface area contributed by atoms with E-state index >= 15 is 0 Å². The van der Waals surface area contributed by atoms with Crippen molar-refractivity contribution in [2.24, 2.45) is 0 Å². The van der Waals surface area contributed by atoms with Crippen molar-refractivity contribution in [1.29, 1.82) is 0 Å². The molecule has 4 N–H and O–H groups in total. The molecule has 0 saturated heterocycles. The number of fused-ring (bicyclic) bond motifs is 8. The number of carbonyl (C=O) groups excluding carboxylic acids is 2. The van der Waals surface area contributed by atoms with E-state index in [9.17, 15) is 9.59 Å². The van der Waals surface area contributed by atoms with Gasteiger partial charge in [0.15, 0.2) is 0 Å². The third-order valence-electron chi connectivity index (χ3n) is 7.91. The van der Waals surface area contributed by atoms with E-state index in [1.807, 2.05) is 109 Å². The summed E-state index contributed by atoms with van der Waals surface area (Å²) in [4.78, 5) is 42.1. The van der Waals surface area contributed by atoms with Crippen molar-refractivity contribution in [1.82, 2.24) is 19.9 Å². The van der Waals surface area contributed by atoms with Gasteiger partial charge in [-0.3, -0.25) is 9.59 Å². The number of aromatic amines is 2. The highest BCUT2D eigenvalue weighted by Gasteiger charge is 2.16. The summed E-state index contributed by atoms with van der Waals surface area (Å²) >= 11 is 6.69. The largest absolute Gasteiger partial charge is 0.355 e. The van der Waals surface area contributed by atoms with E-state index in [1.165, 1.54) is 0 Å². The summed E-state index contributed by atoms with van der Waals surface area (Å²) in [5, 5.41) is 7.18. The lowest BCUT2D eigenvalue weighted by molar-refractivity contribution is -0.116. The second-order valence-electron chi connectivity index (χ2n) is 11.3. The topological polar surface area (TPSA) is 116 Å². The molecular weight excluding hydrogens is 732 g/mol. The third-order valence-corrected chi connectivity index (χ3v) is 8.70. The normalized spacial score (nSPS) is 11.9. The number of amides is 2. The van der Waals surface area contributed by atoms with Crippen molar-refractivity contribution >= 4 is 101 Å². The summed E-state index contributed by atoms with van der Waals surface area (Å²) in [6.45, 7) is 0. The first-order valence-electron chi connectivity index (χ1n) is 15.5. The number of nitrogens with one attached hydrogen (secondary N) is 4. The zero-order chi connectivity index (χ0) is 33.0. The van der Waals surface area contributed by atoms with Crippen LogP contribution in [-0.4, -0.2) is 42.4 Å². The Balaban J connectivity index is 1.49. The van der Waals surface area contributed by atoms with Gasteiger partial charge in [0.2, 0.25) is 11.8 Å². The predicted molar refractivity (Wildman–Crippen MR) is 204 cm³/mol. The van der Waals surface area contributed by atoms with Crippen LogP contribution in [-0.2, 0) is 9.59 Å². The van der Waals surface area contributed by atoms with Crippen LogP contribution in [0, 0.1) is 0 Å². The number of rotatable bonds is 8. The van der Waals surface area contributed by atoms with Crippen LogP contribution in [0.2, 0.25) is 0 Å². The van der Waals surface area contributed by atoms with Crippen LogP contribution in [0.5, 0.6) is 0 Å². The molecule has 5 aromatic rings. The van der Waals surface area contributed by atoms with Crippen molar-refractivity contribution in [2.75, 3.05) is 21.3 Å². The van der Waals surface area contributed by atoms with Crippen molar-refractivity contribution in [2.45, 2.75) is 12.8 Å². The lowest BCUT2D eigenvalue weighted by atomic mass is 10.0. The van der Waals surface area contributed by atoms with E-state index < -0.39 is 0 Å². The average Bonchev–Trinajstić information content (AvgIpc) is 3.89. The highest BCUT2D eigenvalue weighted by Crippen LogP contribution is 2.35. The van der Waals surface area contributed by atoms with Gasteiger partial charge in [-0.25, -0.2) is 9.97 Å². The lowest BCUT2D eigenvalue weighted by Crippen LogP contribution is -2.11. The number of nitrogens with zero attached hydrogens (tertiary/aromatic N) is 2. The molecule has 0 saturated carbocycles. The van der Waals surface area contributed by atoms with Crippen molar-refractivity contribution < 1.29 is 9.59 Å². The Morgan fingerprint density at radius 2 is 1.06 bits per heavy atom. The number of alkyl halides is 2. The van der Waals surface area contributed by atoms with Crippen LogP contribution in [0.1, 0.15) is 35.6 Å². The van der Waals surface area contributed by atoms with Gasteiger partial charge in [-0.2, -0.15) is 0 Å². The number of anilines is 2. The Bertz CT molecular complexity index is 2130. The number of benzene rings is 2. The fourth-order valence-electron chi connectivity index (χ4n) is 5.80. The summed E-state index contributed by atoms with van der Waals surface area (Å²) in [6, 6.07) is 27.8. The number of hydrogen-bond acceptors (Lipinski definition) is 4. The zero-order valence-corrected chi connectivity index (χ0v) is 28.9. The maximum atomic E-state index is 12.4. The van der Waals surface area contributed by atoms with Crippen LogP contribution >= 0.6 is 31.9 Å². The first kappa shape index (κ1) is 31.5. The summed E-state index contributed by atoms with van der Waals surface area (Å²) in [6.07, 6.45) is 8.78. The Kier molecular flexibility index (Phi) is 9.18. The molecule has 7 rings (SSSR count).